The molecule has 2 fully saturated rings. The van der Waals surface area contributed by atoms with Gasteiger partial charge in [-0.15, -0.1) is 0 Å². The number of piperidine rings is 1. The molecule has 1 amide bonds. The van der Waals surface area contributed by atoms with Crippen molar-refractivity contribution in [1.29, 1.82) is 0 Å². The van der Waals surface area contributed by atoms with Crippen LogP contribution in [0.4, 0.5) is 5.69 Å². The number of rotatable bonds is 6. The maximum absolute atomic E-state index is 12.3. The fourth-order valence-electron chi connectivity index (χ4n) is 5.55. The SMILES string of the molecule is CC(=O)N1CCN(CC2(O)CCN(c3cccc(C)c3)CC2)C[C@@](O)(COc2cc(C)cc(C)c2)C1. The number of amides is 1. The van der Waals surface area contributed by atoms with E-state index in [0.29, 0.717) is 44.8 Å². The summed E-state index contributed by atoms with van der Waals surface area (Å²) in [6.45, 7) is 11.5. The number of anilines is 1. The molecule has 0 aromatic heterocycles. The number of nitrogens with zero attached hydrogens (tertiary/aromatic N) is 3. The van der Waals surface area contributed by atoms with Crippen molar-refractivity contribution in [1.82, 2.24) is 9.80 Å². The predicted molar refractivity (Wildman–Crippen MR) is 143 cm³/mol. The molecular weight excluding hydrogens is 454 g/mol. The van der Waals surface area contributed by atoms with E-state index in [1.807, 2.05) is 26.0 Å². The van der Waals surface area contributed by atoms with E-state index < -0.39 is 11.2 Å². The number of hydrogen-bond donors (Lipinski definition) is 2. The van der Waals surface area contributed by atoms with Gasteiger partial charge < -0.3 is 24.7 Å². The average molecular weight is 496 g/mol. The van der Waals surface area contributed by atoms with Gasteiger partial charge in [-0.3, -0.25) is 9.69 Å². The van der Waals surface area contributed by atoms with Gasteiger partial charge in [0.2, 0.25) is 5.91 Å². The van der Waals surface area contributed by atoms with E-state index in [-0.39, 0.29) is 19.1 Å². The quantitative estimate of drug-likeness (QED) is 0.642. The molecule has 2 heterocycles. The Morgan fingerprint density at radius 3 is 2.22 bits per heavy atom. The molecule has 2 aliphatic rings. The molecule has 2 saturated heterocycles. The Labute approximate surface area is 215 Å². The second kappa shape index (κ2) is 10.8. The normalized spacial score (nSPS) is 22.8. The number of β-amino-alcohol motifs (C(OH)–C–C–N with tert-alkyl or cyclic N) is 2. The molecule has 1 atom stereocenters. The Hall–Kier alpha value is -2.61. The van der Waals surface area contributed by atoms with Gasteiger partial charge in [0.25, 0.3) is 0 Å². The number of benzene rings is 2. The number of aliphatic hydroxyl groups is 2. The van der Waals surface area contributed by atoms with Crippen molar-refractivity contribution >= 4 is 11.6 Å². The minimum Gasteiger partial charge on any atom is -0.490 e. The van der Waals surface area contributed by atoms with Crippen LogP contribution in [0.15, 0.2) is 42.5 Å². The summed E-state index contributed by atoms with van der Waals surface area (Å²) in [5, 5.41) is 23.1. The van der Waals surface area contributed by atoms with Gasteiger partial charge >= 0.3 is 0 Å². The van der Waals surface area contributed by atoms with Crippen LogP contribution in [0.5, 0.6) is 5.75 Å². The topological polar surface area (TPSA) is 76.5 Å². The Balaban J connectivity index is 1.42. The van der Waals surface area contributed by atoms with Crippen molar-refractivity contribution in [3.63, 3.8) is 0 Å². The second-order valence-electron chi connectivity index (χ2n) is 11.0. The first-order valence-corrected chi connectivity index (χ1v) is 13.0. The number of aryl methyl sites for hydroxylation is 3. The highest BCUT2D eigenvalue weighted by Crippen LogP contribution is 2.29. The lowest BCUT2D eigenvalue weighted by atomic mass is 9.90. The molecule has 36 heavy (non-hydrogen) atoms. The van der Waals surface area contributed by atoms with Gasteiger partial charge in [0.1, 0.15) is 18.0 Å². The third kappa shape index (κ3) is 6.78. The fourth-order valence-corrected chi connectivity index (χ4v) is 5.55. The molecule has 2 N–H and O–H groups in total. The molecule has 0 radical (unpaired) electrons. The highest BCUT2D eigenvalue weighted by Gasteiger charge is 2.41. The molecule has 7 heteroatoms. The van der Waals surface area contributed by atoms with Crippen molar-refractivity contribution < 1.29 is 19.7 Å². The zero-order valence-electron chi connectivity index (χ0n) is 22.2. The first kappa shape index (κ1) is 26.5. The fraction of sp³-hybridized carbons (Fsp3) is 0.552. The van der Waals surface area contributed by atoms with Crippen LogP contribution in [-0.2, 0) is 4.79 Å². The second-order valence-corrected chi connectivity index (χ2v) is 11.0. The van der Waals surface area contributed by atoms with E-state index in [9.17, 15) is 15.0 Å². The molecule has 2 aliphatic heterocycles. The van der Waals surface area contributed by atoms with Crippen molar-refractivity contribution in [2.45, 2.75) is 51.7 Å². The Bertz CT molecular complexity index is 1050. The molecule has 2 aromatic rings. The van der Waals surface area contributed by atoms with Gasteiger partial charge in [-0.2, -0.15) is 0 Å². The Morgan fingerprint density at radius 2 is 1.58 bits per heavy atom. The summed E-state index contributed by atoms with van der Waals surface area (Å²) in [6.07, 6.45) is 1.32. The highest BCUT2D eigenvalue weighted by atomic mass is 16.5. The largest absolute Gasteiger partial charge is 0.490 e. The van der Waals surface area contributed by atoms with Gasteiger partial charge in [0, 0.05) is 51.9 Å². The zero-order chi connectivity index (χ0) is 25.9. The van der Waals surface area contributed by atoms with Gasteiger partial charge in [-0.05, 0) is 74.6 Å². The molecule has 0 unspecified atom stereocenters. The van der Waals surface area contributed by atoms with Gasteiger partial charge in [0.05, 0.1) is 12.1 Å². The van der Waals surface area contributed by atoms with E-state index in [1.165, 1.54) is 18.2 Å². The predicted octanol–water partition coefficient (Wildman–Crippen LogP) is 2.92. The molecular formula is C29H41N3O4. The summed E-state index contributed by atoms with van der Waals surface area (Å²) in [6, 6.07) is 14.5. The third-order valence-electron chi connectivity index (χ3n) is 7.42. The maximum atomic E-state index is 12.3. The van der Waals surface area contributed by atoms with E-state index in [1.54, 1.807) is 4.90 Å². The van der Waals surface area contributed by atoms with Crippen molar-refractivity contribution in [3.05, 3.63) is 59.2 Å². The minimum absolute atomic E-state index is 0.0631. The minimum atomic E-state index is -1.24. The molecule has 7 nitrogen and oxygen atoms in total. The van der Waals surface area contributed by atoms with E-state index >= 15 is 0 Å². The van der Waals surface area contributed by atoms with Crippen LogP contribution in [0, 0.1) is 20.8 Å². The lowest BCUT2D eigenvalue weighted by Gasteiger charge is -2.42. The van der Waals surface area contributed by atoms with E-state index in [2.05, 4.69) is 47.1 Å². The van der Waals surface area contributed by atoms with Crippen LogP contribution in [0.2, 0.25) is 0 Å². The molecule has 4 rings (SSSR count). The number of carbonyl (C=O) groups is 1. The molecule has 0 bridgehead atoms. The standard InChI is InChI=1S/C29H41N3O4/c1-22-6-5-7-26(15-22)31-10-8-28(34,9-11-31)18-30-12-13-32(25(4)33)20-29(35,19-30)21-36-27-16-23(2)14-24(3)17-27/h5-7,14-17,34-35H,8-13,18-21H2,1-4H3/t29-/m0/s1. The van der Waals surface area contributed by atoms with Crippen LogP contribution < -0.4 is 9.64 Å². The third-order valence-corrected chi connectivity index (χ3v) is 7.42. The lowest BCUT2D eigenvalue weighted by molar-refractivity contribution is -0.132. The van der Waals surface area contributed by atoms with E-state index in [4.69, 9.17) is 4.74 Å². The summed E-state index contributed by atoms with van der Waals surface area (Å²) in [4.78, 5) is 18.4. The Morgan fingerprint density at radius 1 is 0.889 bits per heavy atom. The van der Waals surface area contributed by atoms with Gasteiger partial charge in [0.15, 0.2) is 0 Å². The van der Waals surface area contributed by atoms with E-state index in [0.717, 1.165) is 24.2 Å². The summed E-state index contributed by atoms with van der Waals surface area (Å²) < 4.78 is 6.05. The summed E-state index contributed by atoms with van der Waals surface area (Å²) in [5.41, 5.74) is 2.56. The van der Waals surface area contributed by atoms with Crippen LogP contribution in [0.3, 0.4) is 0 Å². The van der Waals surface area contributed by atoms with Gasteiger partial charge in [-0.25, -0.2) is 0 Å². The Kier molecular flexibility index (Phi) is 7.93. The zero-order valence-corrected chi connectivity index (χ0v) is 22.2. The van der Waals surface area contributed by atoms with Crippen LogP contribution >= 0.6 is 0 Å². The number of hydrogen-bond acceptors (Lipinski definition) is 6. The van der Waals surface area contributed by atoms with Crippen LogP contribution in [0.25, 0.3) is 0 Å². The van der Waals surface area contributed by atoms with Crippen LogP contribution in [0.1, 0.15) is 36.5 Å². The first-order valence-electron chi connectivity index (χ1n) is 13.0. The van der Waals surface area contributed by atoms with Crippen molar-refractivity contribution in [2.75, 3.05) is 57.3 Å². The monoisotopic (exact) mass is 495 g/mol. The molecule has 0 saturated carbocycles. The average Bonchev–Trinajstić information content (AvgIpc) is 2.96. The smallest absolute Gasteiger partial charge is 0.219 e. The molecule has 2 aromatic carbocycles. The molecule has 0 aliphatic carbocycles. The number of ether oxygens (including phenoxy) is 1. The first-order chi connectivity index (χ1) is 17.0. The maximum Gasteiger partial charge on any atom is 0.219 e. The van der Waals surface area contributed by atoms with Crippen molar-refractivity contribution in [2.24, 2.45) is 0 Å². The summed E-state index contributed by atoms with van der Waals surface area (Å²) >= 11 is 0. The van der Waals surface area contributed by atoms with Crippen LogP contribution in [-0.4, -0.2) is 89.5 Å². The molecule has 0 spiro atoms. The lowest BCUT2D eigenvalue weighted by Crippen LogP contribution is -2.55. The number of carbonyl (C=O) groups excluding carboxylic acids is 1. The summed E-state index contributed by atoms with van der Waals surface area (Å²) in [7, 11) is 0. The van der Waals surface area contributed by atoms with Crippen molar-refractivity contribution in [3.8, 4) is 5.75 Å². The highest BCUT2D eigenvalue weighted by molar-refractivity contribution is 5.73. The van der Waals surface area contributed by atoms with Gasteiger partial charge in [-0.1, -0.05) is 18.2 Å². The molecule has 196 valence electrons. The summed E-state index contributed by atoms with van der Waals surface area (Å²) in [5.74, 6) is 0.653.